The topological polar surface area (TPSA) is 78.2 Å². The van der Waals surface area contributed by atoms with Crippen LogP contribution in [-0.2, 0) is 4.79 Å². The number of aromatic nitrogens is 2. The lowest BCUT2D eigenvalue weighted by atomic mass is 9.91. The maximum absolute atomic E-state index is 13.5. The zero-order valence-corrected chi connectivity index (χ0v) is 20.3. The van der Waals surface area contributed by atoms with E-state index in [1.807, 2.05) is 35.2 Å². The average molecular weight is 493 g/mol. The van der Waals surface area contributed by atoms with Gasteiger partial charge in [0.15, 0.2) is 5.69 Å². The lowest BCUT2D eigenvalue weighted by Gasteiger charge is -2.41. The van der Waals surface area contributed by atoms with E-state index in [4.69, 9.17) is 11.6 Å². The van der Waals surface area contributed by atoms with Crippen LogP contribution in [0.2, 0.25) is 5.02 Å². The number of nitrogens with zero attached hydrogens (tertiary/aromatic N) is 4. The van der Waals surface area contributed by atoms with E-state index in [9.17, 15) is 14.7 Å². The van der Waals surface area contributed by atoms with Crippen molar-refractivity contribution in [3.63, 3.8) is 0 Å². The Bertz CT molecular complexity index is 1280. The Hall–Kier alpha value is -2.90. The molecule has 0 bridgehead atoms. The summed E-state index contributed by atoms with van der Waals surface area (Å²) in [4.78, 5) is 29.9. The van der Waals surface area contributed by atoms with Crippen molar-refractivity contribution in [3.8, 4) is 11.3 Å². The molecule has 3 fully saturated rings. The fourth-order valence-corrected chi connectivity index (χ4v) is 5.76. The number of hydrogen-bond donors (Lipinski definition) is 1. The molecule has 0 radical (unpaired) electrons. The second-order valence-corrected chi connectivity index (χ2v) is 10.4. The standard InChI is InChI=1S/C27H29ClN4O3/c28-25-23-15-19(17-6-7-17)14-22(18-4-2-1-3-5-18)32(23)29-26(25)27(35)30-12-13-31(24(34)16-30)20-8-10-21(33)11-9-20/h1-5,14-15,17,20-21,33H,6-13,16H2/t20-,21-. The number of carbonyl (C=O) groups is 2. The molecule has 2 saturated carbocycles. The Morgan fingerprint density at radius 3 is 2.43 bits per heavy atom. The summed E-state index contributed by atoms with van der Waals surface area (Å²) >= 11 is 6.78. The van der Waals surface area contributed by atoms with E-state index < -0.39 is 0 Å². The minimum Gasteiger partial charge on any atom is -0.393 e. The van der Waals surface area contributed by atoms with Crippen molar-refractivity contribution in [2.45, 2.75) is 56.6 Å². The maximum atomic E-state index is 13.5. The number of halogens is 1. The molecule has 35 heavy (non-hydrogen) atoms. The third-order valence-corrected chi connectivity index (χ3v) is 8.04. The SMILES string of the molecule is O=C(c1nn2c(-c3ccccc3)cc(C3CC3)cc2c1Cl)N1CCN([C@H]2CC[C@H](O)CC2)C(=O)C1. The highest BCUT2D eigenvalue weighted by Gasteiger charge is 2.35. The van der Waals surface area contributed by atoms with E-state index in [1.54, 1.807) is 9.42 Å². The van der Waals surface area contributed by atoms with Gasteiger partial charge < -0.3 is 14.9 Å². The Morgan fingerprint density at radius 2 is 1.74 bits per heavy atom. The summed E-state index contributed by atoms with van der Waals surface area (Å²) in [6, 6.07) is 14.4. The van der Waals surface area contributed by atoms with Crippen molar-refractivity contribution >= 4 is 28.9 Å². The predicted octanol–water partition coefficient (Wildman–Crippen LogP) is 4.12. The summed E-state index contributed by atoms with van der Waals surface area (Å²) in [5.74, 6) is 0.170. The summed E-state index contributed by atoms with van der Waals surface area (Å²) in [7, 11) is 0. The van der Waals surface area contributed by atoms with Gasteiger partial charge in [0.2, 0.25) is 5.91 Å². The second kappa shape index (κ2) is 8.95. The highest BCUT2D eigenvalue weighted by atomic mass is 35.5. The van der Waals surface area contributed by atoms with Gasteiger partial charge in [0, 0.05) is 24.7 Å². The zero-order chi connectivity index (χ0) is 24.1. The van der Waals surface area contributed by atoms with Crippen LogP contribution in [0.15, 0.2) is 42.5 Å². The number of amides is 2. The first-order valence-corrected chi connectivity index (χ1v) is 12.9. The molecule has 2 amide bonds. The van der Waals surface area contributed by atoms with Crippen LogP contribution < -0.4 is 0 Å². The molecule has 1 saturated heterocycles. The number of rotatable bonds is 4. The molecule has 3 aromatic rings. The minimum atomic E-state index is -0.308. The van der Waals surface area contributed by atoms with Crippen molar-refractivity contribution in [3.05, 3.63) is 58.7 Å². The maximum Gasteiger partial charge on any atom is 0.276 e. The van der Waals surface area contributed by atoms with Gasteiger partial charge in [-0.2, -0.15) is 5.10 Å². The van der Waals surface area contributed by atoms with Crippen LogP contribution in [0, 0.1) is 0 Å². The van der Waals surface area contributed by atoms with Crippen molar-refractivity contribution in [2.75, 3.05) is 19.6 Å². The van der Waals surface area contributed by atoms with E-state index in [1.165, 1.54) is 5.56 Å². The van der Waals surface area contributed by atoms with Crippen molar-refractivity contribution in [1.82, 2.24) is 19.4 Å². The predicted molar refractivity (Wildman–Crippen MR) is 133 cm³/mol. The van der Waals surface area contributed by atoms with Crippen LogP contribution in [0.5, 0.6) is 0 Å². The molecule has 1 aromatic carbocycles. The largest absolute Gasteiger partial charge is 0.393 e. The molecule has 0 unspecified atom stereocenters. The summed E-state index contributed by atoms with van der Waals surface area (Å²) in [6.07, 6.45) is 5.13. The van der Waals surface area contributed by atoms with Gasteiger partial charge in [-0.25, -0.2) is 4.52 Å². The number of fused-ring (bicyclic) bond motifs is 1. The number of aliphatic hydroxyl groups excluding tert-OH is 1. The van der Waals surface area contributed by atoms with E-state index >= 15 is 0 Å². The van der Waals surface area contributed by atoms with Gasteiger partial charge in [-0.1, -0.05) is 41.9 Å². The van der Waals surface area contributed by atoms with Crippen LogP contribution in [0.4, 0.5) is 0 Å². The molecule has 3 aliphatic rings. The van der Waals surface area contributed by atoms with E-state index in [-0.39, 0.29) is 36.2 Å². The van der Waals surface area contributed by atoms with Gasteiger partial charge in [-0.3, -0.25) is 9.59 Å². The third kappa shape index (κ3) is 4.21. The first kappa shape index (κ1) is 22.6. The van der Waals surface area contributed by atoms with Crippen LogP contribution in [-0.4, -0.2) is 68.1 Å². The second-order valence-electron chi connectivity index (χ2n) is 10.1. The lowest BCUT2D eigenvalue weighted by Crippen LogP contribution is -2.56. The highest BCUT2D eigenvalue weighted by molar-refractivity contribution is 6.37. The molecule has 182 valence electrons. The van der Waals surface area contributed by atoms with Crippen LogP contribution in [0.1, 0.15) is 60.5 Å². The third-order valence-electron chi connectivity index (χ3n) is 7.67. The molecule has 6 rings (SSSR count). The number of carbonyl (C=O) groups excluding carboxylic acids is 2. The molecule has 0 spiro atoms. The Labute approximate surface area is 209 Å². The minimum absolute atomic E-state index is 0.0287. The summed E-state index contributed by atoms with van der Waals surface area (Å²) in [5, 5.41) is 14.8. The lowest BCUT2D eigenvalue weighted by molar-refractivity contribution is -0.138. The van der Waals surface area contributed by atoms with E-state index in [0.29, 0.717) is 24.0 Å². The van der Waals surface area contributed by atoms with Crippen molar-refractivity contribution in [1.29, 1.82) is 0 Å². The number of benzene rings is 1. The molecular formula is C27H29ClN4O3. The summed E-state index contributed by atoms with van der Waals surface area (Å²) in [5.41, 5.74) is 4.06. The molecule has 3 heterocycles. The van der Waals surface area contributed by atoms with Crippen molar-refractivity contribution < 1.29 is 14.7 Å². The summed E-state index contributed by atoms with van der Waals surface area (Å²) < 4.78 is 1.77. The first-order valence-electron chi connectivity index (χ1n) is 12.5. The van der Waals surface area contributed by atoms with Gasteiger partial charge in [-0.05, 0) is 62.1 Å². The molecule has 0 atom stereocenters. The Balaban J connectivity index is 1.29. The fraction of sp³-hybridized carbons (Fsp3) is 0.444. The molecule has 1 aliphatic heterocycles. The van der Waals surface area contributed by atoms with Gasteiger partial charge in [0.25, 0.3) is 5.91 Å². The fourth-order valence-electron chi connectivity index (χ4n) is 5.51. The van der Waals surface area contributed by atoms with Crippen LogP contribution >= 0.6 is 11.6 Å². The normalized spacial score (nSPS) is 23.2. The van der Waals surface area contributed by atoms with Gasteiger partial charge >= 0.3 is 0 Å². The number of pyridine rings is 1. The van der Waals surface area contributed by atoms with Crippen LogP contribution in [0.3, 0.4) is 0 Å². The van der Waals surface area contributed by atoms with Gasteiger partial charge in [-0.15, -0.1) is 0 Å². The number of hydrogen-bond acceptors (Lipinski definition) is 4. The smallest absolute Gasteiger partial charge is 0.276 e. The van der Waals surface area contributed by atoms with Gasteiger partial charge in [0.1, 0.15) is 6.54 Å². The van der Waals surface area contributed by atoms with E-state index in [2.05, 4.69) is 17.2 Å². The first-order chi connectivity index (χ1) is 17.0. The quantitative estimate of drug-likeness (QED) is 0.594. The molecule has 2 aromatic heterocycles. The van der Waals surface area contributed by atoms with Crippen molar-refractivity contribution in [2.24, 2.45) is 0 Å². The highest BCUT2D eigenvalue weighted by Crippen LogP contribution is 2.43. The Kier molecular flexibility index (Phi) is 5.77. The molecule has 8 heteroatoms. The summed E-state index contributed by atoms with van der Waals surface area (Å²) in [6.45, 7) is 0.977. The molecule has 1 N–H and O–H groups in total. The monoisotopic (exact) mass is 492 g/mol. The van der Waals surface area contributed by atoms with Gasteiger partial charge in [0.05, 0.1) is 22.3 Å². The van der Waals surface area contributed by atoms with E-state index in [0.717, 1.165) is 55.3 Å². The molecule has 7 nitrogen and oxygen atoms in total. The van der Waals surface area contributed by atoms with Crippen LogP contribution in [0.25, 0.3) is 16.8 Å². The molecule has 2 aliphatic carbocycles. The Morgan fingerprint density at radius 1 is 1.00 bits per heavy atom. The number of piperazine rings is 1. The zero-order valence-electron chi connectivity index (χ0n) is 19.6. The number of aliphatic hydroxyl groups is 1. The average Bonchev–Trinajstić information content (AvgIpc) is 3.68. The molecular weight excluding hydrogens is 464 g/mol.